The average Bonchev–Trinajstić information content (AvgIpc) is 2.57. The van der Waals surface area contributed by atoms with Gasteiger partial charge in [0, 0.05) is 18.1 Å². The first-order chi connectivity index (χ1) is 12.5. The monoisotopic (exact) mass is 368 g/mol. The Morgan fingerprint density at radius 2 is 1.67 bits per heavy atom. The van der Waals surface area contributed by atoms with E-state index >= 15 is 0 Å². The Labute approximate surface area is 158 Å². The maximum atomic E-state index is 11.1. The molecular formula is C22H24O5. The van der Waals surface area contributed by atoms with Crippen molar-refractivity contribution in [2.24, 2.45) is 5.92 Å². The molecule has 2 rings (SSSR count). The summed E-state index contributed by atoms with van der Waals surface area (Å²) in [6.07, 6.45) is 6.43. The first-order valence-electron chi connectivity index (χ1n) is 8.63. The highest BCUT2D eigenvalue weighted by molar-refractivity contribution is 5.87. The summed E-state index contributed by atoms with van der Waals surface area (Å²) < 4.78 is 0. The van der Waals surface area contributed by atoms with Gasteiger partial charge in [-0.1, -0.05) is 25.1 Å². The molecule has 0 heterocycles. The maximum Gasteiger partial charge on any atom is 0.328 e. The molecule has 142 valence electrons. The molecule has 2 atom stereocenters. The Morgan fingerprint density at radius 3 is 2.26 bits per heavy atom. The van der Waals surface area contributed by atoms with Crippen molar-refractivity contribution >= 4 is 17.5 Å². The van der Waals surface area contributed by atoms with Crippen LogP contribution in [0.15, 0.2) is 59.7 Å². The Bertz CT molecular complexity index is 897. The van der Waals surface area contributed by atoms with Crippen molar-refractivity contribution in [3.05, 3.63) is 76.4 Å². The van der Waals surface area contributed by atoms with E-state index in [9.17, 15) is 14.7 Å². The zero-order valence-corrected chi connectivity index (χ0v) is 15.9. The van der Waals surface area contributed by atoms with Gasteiger partial charge >= 0.3 is 11.9 Å². The van der Waals surface area contributed by atoms with E-state index in [1.165, 1.54) is 12.2 Å². The van der Waals surface area contributed by atoms with Gasteiger partial charge in [0.1, 0.15) is 0 Å². The number of hydrogen-bond donors (Lipinski definition) is 3. The number of aliphatic carboxylic acids is 2. The summed E-state index contributed by atoms with van der Waals surface area (Å²) in [5.41, 5.74) is 3.62. The predicted molar refractivity (Wildman–Crippen MR) is 104 cm³/mol. The molecule has 3 N–H and O–H groups in total. The van der Waals surface area contributed by atoms with Gasteiger partial charge in [-0.25, -0.2) is 9.59 Å². The maximum absolute atomic E-state index is 11.1. The lowest BCUT2D eigenvalue weighted by atomic mass is 9.71. The van der Waals surface area contributed by atoms with E-state index in [2.05, 4.69) is 0 Å². The molecule has 0 bridgehead atoms. The number of hydrogen-bond acceptors (Lipinski definition) is 3. The van der Waals surface area contributed by atoms with Crippen molar-refractivity contribution in [2.75, 3.05) is 0 Å². The Kier molecular flexibility index (Phi) is 5.86. The van der Waals surface area contributed by atoms with Gasteiger partial charge < -0.3 is 15.3 Å². The fourth-order valence-corrected chi connectivity index (χ4v) is 3.26. The molecule has 0 saturated carbocycles. The average molecular weight is 368 g/mol. The van der Waals surface area contributed by atoms with Gasteiger partial charge in [-0.15, -0.1) is 0 Å². The van der Waals surface area contributed by atoms with E-state index in [1.54, 1.807) is 13.0 Å². The van der Waals surface area contributed by atoms with Crippen molar-refractivity contribution < 1.29 is 24.9 Å². The Balaban J connectivity index is 2.84. The molecule has 0 aromatic heterocycles. The minimum absolute atomic E-state index is 0.326. The third-order valence-electron chi connectivity index (χ3n) is 5.05. The Hall–Kier alpha value is -2.92. The molecular weight excluding hydrogens is 344 g/mol. The van der Waals surface area contributed by atoms with Crippen LogP contribution in [-0.4, -0.2) is 32.9 Å². The van der Waals surface area contributed by atoms with Gasteiger partial charge in [0.05, 0.1) is 5.60 Å². The highest BCUT2D eigenvalue weighted by Gasteiger charge is 2.36. The summed E-state index contributed by atoms with van der Waals surface area (Å²) in [6.45, 7) is 7.50. The number of allylic oxidation sites excluding steroid dienone is 4. The predicted octanol–water partition coefficient (Wildman–Crippen LogP) is 3.67. The lowest BCUT2D eigenvalue weighted by Gasteiger charge is -2.36. The van der Waals surface area contributed by atoms with Crippen LogP contribution in [0.2, 0.25) is 0 Å². The fourth-order valence-electron chi connectivity index (χ4n) is 3.26. The van der Waals surface area contributed by atoms with Crippen LogP contribution in [-0.2, 0) is 9.59 Å². The first kappa shape index (κ1) is 20.4. The zero-order valence-electron chi connectivity index (χ0n) is 15.9. The number of aryl methyl sites for hydroxylation is 1. The van der Waals surface area contributed by atoms with Crippen LogP contribution in [0.1, 0.15) is 30.5 Å². The van der Waals surface area contributed by atoms with Crippen LogP contribution < -0.4 is 0 Å². The van der Waals surface area contributed by atoms with Gasteiger partial charge in [0.15, 0.2) is 0 Å². The summed E-state index contributed by atoms with van der Waals surface area (Å²) in [6, 6.07) is 5.83. The summed E-state index contributed by atoms with van der Waals surface area (Å²) in [5, 5.41) is 29.0. The molecule has 0 spiro atoms. The third kappa shape index (κ3) is 4.44. The fraction of sp³-hybridized carbons (Fsp3) is 0.273. The smallest absolute Gasteiger partial charge is 0.328 e. The summed E-state index contributed by atoms with van der Waals surface area (Å²) in [7, 11) is 0. The molecule has 0 aliphatic heterocycles. The molecule has 1 aliphatic rings. The van der Waals surface area contributed by atoms with Gasteiger partial charge in [0.2, 0.25) is 0 Å². The molecule has 0 amide bonds. The van der Waals surface area contributed by atoms with Gasteiger partial charge in [-0.05, 0) is 72.4 Å². The normalized spacial score (nSPS) is 23.1. The summed E-state index contributed by atoms with van der Waals surface area (Å²) >= 11 is 0. The number of aliphatic hydroxyl groups is 1. The van der Waals surface area contributed by atoms with Crippen molar-refractivity contribution in [2.45, 2.75) is 33.3 Å². The minimum Gasteiger partial charge on any atom is -0.478 e. The minimum atomic E-state index is -1.22. The molecule has 0 fully saturated rings. The van der Waals surface area contributed by atoms with Crippen molar-refractivity contribution in [3.63, 3.8) is 0 Å². The van der Waals surface area contributed by atoms with E-state index < -0.39 is 17.5 Å². The molecule has 1 aromatic carbocycles. The van der Waals surface area contributed by atoms with Gasteiger partial charge in [0.25, 0.3) is 0 Å². The van der Waals surface area contributed by atoms with E-state index in [4.69, 9.17) is 10.2 Å². The molecule has 27 heavy (non-hydrogen) atoms. The topological polar surface area (TPSA) is 94.8 Å². The zero-order chi connectivity index (χ0) is 20.4. The quantitative estimate of drug-likeness (QED) is 0.690. The van der Waals surface area contributed by atoms with Crippen LogP contribution in [0.5, 0.6) is 0 Å². The number of rotatable bonds is 5. The summed E-state index contributed by atoms with van der Waals surface area (Å²) in [5.74, 6) is -2.55. The van der Waals surface area contributed by atoms with Crippen LogP contribution in [0, 0.1) is 19.8 Å². The lowest BCUT2D eigenvalue weighted by Crippen LogP contribution is -2.35. The molecule has 1 aliphatic carbocycles. The molecule has 2 unspecified atom stereocenters. The molecule has 0 radical (unpaired) electrons. The van der Waals surface area contributed by atoms with Crippen LogP contribution in [0.4, 0.5) is 0 Å². The van der Waals surface area contributed by atoms with E-state index in [1.807, 2.05) is 39.0 Å². The van der Waals surface area contributed by atoms with E-state index in [-0.39, 0.29) is 5.92 Å². The number of carboxylic acid groups (broad SMARTS) is 2. The van der Waals surface area contributed by atoms with Crippen LogP contribution in [0.3, 0.4) is 0 Å². The van der Waals surface area contributed by atoms with E-state index in [0.29, 0.717) is 11.1 Å². The van der Waals surface area contributed by atoms with Gasteiger partial charge in [-0.3, -0.25) is 0 Å². The SMILES string of the molecule is Cc1cccc(C2=C(C=CC(=O)O)C(C=CC(=O)O)=CC(C)(O)C2C)c1C. The standard InChI is InChI=1S/C22H24O5/c1-13-6-5-7-17(14(13)2)21-15(3)22(4,27)12-16(8-10-19(23)24)18(21)9-11-20(25)26/h5-12,15,27H,1-4H3,(H,23,24)(H,25,26). The number of benzene rings is 1. The third-order valence-corrected chi connectivity index (χ3v) is 5.05. The second-order valence-electron chi connectivity index (χ2n) is 6.97. The van der Waals surface area contributed by atoms with E-state index in [0.717, 1.165) is 34.4 Å². The van der Waals surface area contributed by atoms with Crippen molar-refractivity contribution in [1.82, 2.24) is 0 Å². The van der Waals surface area contributed by atoms with Gasteiger partial charge in [-0.2, -0.15) is 0 Å². The largest absolute Gasteiger partial charge is 0.478 e. The Morgan fingerprint density at radius 1 is 1.07 bits per heavy atom. The lowest BCUT2D eigenvalue weighted by molar-refractivity contribution is -0.132. The van der Waals surface area contributed by atoms with Crippen molar-refractivity contribution in [3.8, 4) is 0 Å². The first-order valence-corrected chi connectivity index (χ1v) is 8.63. The van der Waals surface area contributed by atoms with Crippen LogP contribution in [0.25, 0.3) is 5.57 Å². The van der Waals surface area contributed by atoms with Crippen LogP contribution >= 0.6 is 0 Å². The molecule has 5 heteroatoms. The number of carbonyl (C=O) groups is 2. The molecule has 0 saturated heterocycles. The second-order valence-corrected chi connectivity index (χ2v) is 6.97. The van der Waals surface area contributed by atoms with Crippen molar-refractivity contribution in [1.29, 1.82) is 0 Å². The second kappa shape index (κ2) is 7.76. The highest BCUT2D eigenvalue weighted by Crippen LogP contribution is 2.44. The molecule has 5 nitrogen and oxygen atoms in total. The molecule has 1 aromatic rings. The number of carboxylic acids is 2. The summed E-state index contributed by atoms with van der Waals surface area (Å²) in [4.78, 5) is 22.1. The highest BCUT2D eigenvalue weighted by atomic mass is 16.4.